The van der Waals surface area contributed by atoms with Crippen molar-refractivity contribution < 1.29 is 14.4 Å². The average molecular weight is 428 g/mol. The molecule has 0 aliphatic carbocycles. The van der Waals surface area contributed by atoms with E-state index in [0.717, 1.165) is 0 Å². The van der Waals surface area contributed by atoms with Gasteiger partial charge < -0.3 is 15.5 Å². The Balaban J connectivity index is 1.56. The Morgan fingerprint density at radius 2 is 1.63 bits per heavy atom. The van der Waals surface area contributed by atoms with Gasteiger partial charge in [-0.3, -0.25) is 14.4 Å². The molecule has 7 heteroatoms. The van der Waals surface area contributed by atoms with Crippen molar-refractivity contribution in [1.82, 2.24) is 10.2 Å². The molecule has 1 aliphatic heterocycles. The predicted molar refractivity (Wildman–Crippen MR) is 118 cm³/mol. The van der Waals surface area contributed by atoms with Gasteiger partial charge in [0.2, 0.25) is 5.91 Å². The minimum absolute atomic E-state index is 0.0427. The van der Waals surface area contributed by atoms with E-state index in [-0.39, 0.29) is 29.7 Å². The van der Waals surface area contributed by atoms with Gasteiger partial charge in [-0.25, -0.2) is 0 Å². The van der Waals surface area contributed by atoms with Crippen LogP contribution in [-0.4, -0.2) is 41.8 Å². The average Bonchev–Trinajstić information content (AvgIpc) is 2.73. The second-order valence-electron chi connectivity index (χ2n) is 7.74. The lowest BCUT2D eigenvalue weighted by Crippen LogP contribution is -2.44. The normalized spacial score (nSPS) is 14.5. The lowest BCUT2D eigenvalue weighted by Gasteiger charge is -2.31. The number of nitrogens with one attached hydrogen (secondary N) is 2. The van der Waals surface area contributed by atoms with E-state index in [9.17, 15) is 14.4 Å². The summed E-state index contributed by atoms with van der Waals surface area (Å²) in [6, 6.07) is 13.7. The summed E-state index contributed by atoms with van der Waals surface area (Å²) in [5.74, 6) is -0.349. The molecule has 2 aromatic carbocycles. The maximum absolute atomic E-state index is 12.8. The number of hydrogen-bond acceptors (Lipinski definition) is 3. The van der Waals surface area contributed by atoms with Gasteiger partial charge in [0.15, 0.2) is 0 Å². The van der Waals surface area contributed by atoms with Crippen molar-refractivity contribution >= 4 is 35.0 Å². The van der Waals surface area contributed by atoms with Crippen molar-refractivity contribution in [2.24, 2.45) is 5.92 Å². The van der Waals surface area contributed by atoms with Crippen LogP contribution in [0, 0.1) is 5.92 Å². The lowest BCUT2D eigenvalue weighted by molar-refractivity contribution is -0.126. The van der Waals surface area contributed by atoms with E-state index in [1.165, 1.54) is 0 Å². The first-order chi connectivity index (χ1) is 14.3. The molecule has 0 spiro atoms. The summed E-state index contributed by atoms with van der Waals surface area (Å²) in [6.45, 7) is 4.99. The van der Waals surface area contributed by atoms with E-state index in [2.05, 4.69) is 10.6 Å². The van der Waals surface area contributed by atoms with Gasteiger partial charge in [0, 0.05) is 36.3 Å². The fourth-order valence-electron chi connectivity index (χ4n) is 3.47. The third-order valence-electron chi connectivity index (χ3n) is 5.09. The molecule has 0 radical (unpaired) electrons. The molecule has 0 atom stereocenters. The fourth-order valence-corrected chi connectivity index (χ4v) is 3.69. The van der Waals surface area contributed by atoms with Gasteiger partial charge in [0.25, 0.3) is 11.8 Å². The highest BCUT2D eigenvalue weighted by Gasteiger charge is 2.28. The predicted octanol–water partition coefficient (Wildman–Crippen LogP) is 3.97. The zero-order valence-corrected chi connectivity index (χ0v) is 17.9. The molecule has 6 nitrogen and oxygen atoms in total. The Labute approximate surface area is 181 Å². The molecule has 0 aromatic heterocycles. The standard InChI is InChI=1S/C23H26ClN3O3/c1-15(2)25-21(28)16-11-13-27(14-12-16)23(30)17-7-9-18(10-8-17)26-22(29)19-5-3-4-6-20(19)24/h3-10,15-16H,11-14H2,1-2H3,(H,25,28)(H,26,29). The molecule has 2 N–H and O–H groups in total. The van der Waals surface area contributed by atoms with E-state index in [1.54, 1.807) is 53.4 Å². The summed E-state index contributed by atoms with van der Waals surface area (Å²) < 4.78 is 0. The summed E-state index contributed by atoms with van der Waals surface area (Å²) in [5, 5.41) is 6.11. The van der Waals surface area contributed by atoms with Gasteiger partial charge in [0.1, 0.15) is 0 Å². The number of piperidine rings is 1. The van der Waals surface area contributed by atoms with Crippen LogP contribution in [0.15, 0.2) is 48.5 Å². The molecule has 3 rings (SSSR count). The Hall–Kier alpha value is -2.86. The van der Waals surface area contributed by atoms with E-state index in [1.807, 2.05) is 13.8 Å². The maximum atomic E-state index is 12.8. The second-order valence-corrected chi connectivity index (χ2v) is 8.15. The number of likely N-dealkylation sites (tertiary alicyclic amines) is 1. The summed E-state index contributed by atoms with van der Waals surface area (Å²) >= 11 is 6.06. The third-order valence-corrected chi connectivity index (χ3v) is 5.42. The van der Waals surface area contributed by atoms with Crippen LogP contribution in [0.3, 0.4) is 0 Å². The highest BCUT2D eigenvalue weighted by Crippen LogP contribution is 2.21. The zero-order valence-electron chi connectivity index (χ0n) is 17.2. The van der Waals surface area contributed by atoms with E-state index in [4.69, 9.17) is 11.6 Å². The van der Waals surface area contributed by atoms with Crippen LogP contribution >= 0.6 is 11.6 Å². The summed E-state index contributed by atoms with van der Waals surface area (Å²) in [5.41, 5.74) is 1.53. The van der Waals surface area contributed by atoms with Crippen molar-refractivity contribution in [2.45, 2.75) is 32.7 Å². The second kappa shape index (κ2) is 9.76. The lowest BCUT2D eigenvalue weighted by atomic mass is 9.95. The molecule has 158 valence electrons. The summed E-state index contributed by atoms with van der Waals surface area (Å²) in [7, 11) is 0. The van der Waals surface area contributed by atoms with Gasteiger partial charge in [0.05, 0.1) is 10.6 Å². The summed E-state index contributed by atoms with van der Waals surface area (Å²) in [6.07, 6.45) is 1.33. The number of hydrogen-bond donors (Lipinski definition) is 2. The molecule has 3 amide bonds. The van der Waals surface area contributed by atoms with Gasteiger partial charge in [-0.2, -0.15) is 0 Å². The number of benzene rings is 2. The molecular weight excluding hydrogens is 402 g/mol. The number of amides is 3. The first-order valence-corrected chi connectivity index (χ1v) is 10.5. The molecule has 2 aromatic rings. The van der Waals surface area contributed by atoms with Crippen LogP contribution in [-0.2, 0) is 4.79 Å². The third kappa shape index (κ3) is 5.39. The van der Waals surface area contributed by atoms with Crippen LogP contribution in [0.4, 0.5) is 5.69 Å². The number of carbonyl (C=O) groups excluding carboxylic acids is 3. The Morgan fingerprint density at radius 3 is 2.23 bits per heavy atom. The van der Waals surface area contributed by atoms with E-state index < -0.39 is 0 Å². The van der Waals surface area contributed by atoms with Crippen LogP contribution in [0.5, 0.6) is 0 Å². The molecule has 30 heavy (non-hydrogen) atoms. The number of rotatable bonds is 5. The summed E-state index contributed by atoms with van der Waals surface area (Å²) in [4.78, 5) is 39.0. The van der Waals surface area contributed by atoms with Crippen LogP contribution in [0.1, 0.15) is 47.4 Å². The van der Waals surface area contributed by atoms with Crippen molar-refractivity contribution in [3.05, 3.63) is 64.7 Å². The minimum atomic E-state index is -0.304. The van der Waals surface area contributed by atoms with Crippen molar-refractivity contribution in [3.8, 4) is 0 Å². The number of nitrogens with zero attached hydrogens (tertiary/aromatic N) is 1. The minimum Gasteiger partial charge on any atom is -0.354 e. The molecule has 1 fully saturated rings. The maximum Gasteiger partial charge on any atom is 0.257 e. The highest BCUT2D eigenvalue weighted by atomic mass is 35.5. The molecule has 0 saturated carbocycles. The first kappa shape index (κ1) is 21.8. The van der Waals surface area contributed by atoms with E-state index >= 15 is 0 Å². The number of halogens is 1. The van der Waals surface area contributed by atoms with Gasteiger partial charge >= 0.3 is 0 Å². The largest absolute Gasteiger partial charge is 0.354 e. The Kier molecular flexibility index (Phi) is 7.11. The first-order valence-electron chi connectivity index (χ1n) is 10.1. The molecular formula is C23H26ClN3O3. The van der Waals surface area contributed by atoms with E-state index in [0.29, 0.717) is 47.8 Å². The van der Waals surface area contributed by atoms with Crippen molar-refractivity contribution in [3.63, 3.8) is 0 Å². The molecule has 0 bridgehead atoms. The molecule has 1 heterocycles. The van der Waals surface area contributed by atoms with Gasteiger partial charge in [-0.15, -0.1) is 0 Å². The van der Waals surface area contributed by atoms with Crippen molar-refractivity contribution in [2.75, 3.05) is 18.4 Å². The SMILES string of the molecule is CC(C)NC(=O)C1CCN(C(=O)c2ccc(NC(=O)c3ccccc3Cl)cc2)CC1. The highest BCUT2D eigenvalue weighted by molar-refractivity contribution is 6.34. The topological polar surface area (TPSA) is 78.5 Å². The molecule has 0 unspecified atom stereocenters. The quantitative estimate of drug-likeness (QED) is 0.757. The van der Waals surface area contributed by atoms with Gasteiger partial charge in [-0.1, -0.05) is 23.7 Å². The number of anilines is 1. The van der Waals surface area contributed by atoms with Crippen LogP contribution in [0.2, 0.25) is 5.02 Å². The smallest absolute Gasteiger partial charge is 0.257 e. The van der Waals surface area contributed by atoms with Crippen molar-refractivity contribution in [1.29, 1.82) is 0 Å². The molecule has 1 aliphatic rings. The van der Waals surface area contributed by atoms with Crippen LogP contribution in [0.25, 0.3) is 0 Å². The van der Waals surface area contributed by atoms with Gasteiger partial charge in [-0.05, 0) is 63.1 Å². The van der Waals surface area contributed by atoms with Crippen LogP contribution < -0.4 is 10.6 Å². The fraction of sp³-hybridized carbons (Fsp3) is 0.348. The zero-order chi connectivity index (χ0) is 21.7. The Morgan fingerprint density at radius 1 is 1.00 bits per heavy atom. The molecule has 1 saturated heterocycles. The monoisotopic (exact) mass is 427 g/mol. The Bertz CT molecular complexity index is 920. The number of carbonyl (C=O) groups is 3.